The van der Waals surface area contributed by atoms with Crippen LogP contribution in [0.4, 0.5) is 0 Å². The van der Waals surface area contributed by atoms with Crippen LogP contribution in [0.15, 0.2) is 15.1 Å². The Labute approximate surface area is 135 Å². The summed E-state index contributed by atoms with van der Waals surface area (Å²) in [4.78, 5) is 18.7. The Morgan fingerprint density at radius 2 is 2.26 bits per heavy atom. The summed E-state index contributed by atoms with van der Waals surface area (Å²) in [5, 5.41) is 8.01. The van der Waals surface area contributed by atoms with Gasteiger partial charge >= 0.3 is 0 Å². The van der Waals surface area contributed by atoms with Crippen LogP contribution in [0.3, 0.4) is 0 Å². The molecule has 0 N–H and O–H groups in total. The van der Waals surface area contributed by atoms with Crippen molar-refractivity contribution in [3.8, 4) is 0 Å². The zero-order valence-corrected chi connectivity index (χ0v) is 13.8. The molecule has 0 saturated carbocycles. The molecule has 0 bridgehead atoms. The SMILES string of the molecule is CCC(C)c1cc(C(=O)N2CCCC(c3noc(C)n3)C2)on1. The minimum Gasteiger partial charge on any atom is -0.351 e. The average Bonchev–Trinajstić information content (AvgIpc) is 3.23. The minimum absolute atomic E-state index is 0.113. The van der Waals surface area contributed by atoms with Crippen LogP contribution in [0, 0.1) is 6.92 Å². The first kappa shape index (κ1) is 15.7. The smallest absolute Gasteiger partial charge is 0.292 e. The predicted molar refractivity (Wildman–Crippen MR) is 82.1 cm³/mol. The Morgan fingerprint density at radius 3 is 2.96 bits per heavy atom. The third-order valence-electron chi connectivity index (χ3n) is 4.47. The fourth-order valence-electron chi connectivity index (χ4n) is 2.84. The second-order valence-electron chi connectivity index (χ2n) is 6.19. The van der Waals surface area contributed by atoms with Gasteiger partial charge < -0.3 is 13.9 Å². The van der Waals surface area contributed by atoms with Crippen molar-refractivity contribution in [2.75, 3.05) is 13.1 Å². The first-order valence-electron chi connectivity index (χ1n) is 8.14. The quantitative estimate of drug-likeness (QED) is 0.861. The Hall–Kier alpha value is -2.18. The molecule has 7 nitrogen and oxygen atoms in total. The highest BCUT2D eigenvalue weighted by molar-refractivity contribution is 5.91. The number of aromatic nitrogens is 3. The van der Waals surface area contributed by atoms with Crippen LogP contribution in [0.5, 0.6) is 0 Å². The number of likely N-dealkylation sites (tertiary alicyclic amines) is 1. The van der Waals surface area contributed by atoms with Crippen molar-refractivity contribution in [2.45, 2.75) is 51.9 Å². The molecule has 3 heterocycles. The maximum atomic E-state index is 12.6. The van der Waals surface area contributed by atoms with Gasteiger partial charge in [-0.3, -0.25) is 4.79 Å². The number of hydrogen-bond donors (Lipinski definition) is 0. The molecule has 3 rings (SSSR count). The molecule has 1 aliphatic heterocycles. The number of amides is 1. The van der Waals surface area contributed by atoms with Crippen LogP contribution in [-0.4, -0.2) is 39.2 Å². The van der Waals surface area contributed by atoms with Gasteiger partial charge in [0.25, 0.3) is 5.91 Å². The Balaban J connectivity index is 1.70. The van der Waals surface area contributed by atoms with Crippen molar-refractivity contribution in [3.63, 3.8) is 0 Å². The van der Waals surface area contributed by atoms with E-state index in [1.54, 1.807) is 17.9 Å². The van der Waals surface area contributed by atoms with E-state index in [9.17, 15) is 4.79 Å². The largest absolute Gasteiger partial charge is 0.351 e. The van der Waals surface area contributed by atoms with Crippen molar-refractivity contribution in [2.24, 2.45) is 0 Å². The van der Waals surface area contributed by atoms with E-state index >= 15 is 0 Å². The molecule has 7 heteroatoms. The summed E-state index contributed by atoms with van der Waals surface area (Å²) in [5.41, 5.74) is 0.832. The molecule has 124 valence electrons. The number of nitrogens with zero attached hydrogens (tertiary/aromatic N) is 4. The number of hydrogen-bond acceptors (Lipinski definition) is 6. The highest BCUT2D eigenvalue weighted by atomic mass is 16.5. The van der Waals surface area contributed by atoms with E-state index in [2.05, 4.69) is 29.1 Å². The molecule has 2 unspecified atom stereocenters. The van der Waals surface area contributed by atoms with E-state index in [-0.39, 0.29) is 17.7 Å². The summed E-state index contributed by atoms with van der Waals surface area (Å²) in [7, 11) is 0. The third kappa shape index (κ3) is 3.28. The van der Waals surface area contributed by atoms with E-state index in [1.807, 2.05) is 0 Å². The first-order chi connectivity index (χ1) is 11.1. The second kappa shape index (κ2) is 6.52. The molecule has 1 amide bonds. The second-order valence-corrected chi connectivity index (χ2v) is 6.19. The molecule has 0 spiro atoms. The topological polar surface area (TPSA) is 85.3 Å². The normalized spacial score (nSPS) is 19.8. The summed E-state index contributed by atoms with van der Waals surface area (Å²) in [5.74, 6) is 1.83. The van der Waals surface area contributed by atoms with Gasteiger partial charge in [-0.25, -0.2) is 0 Å². The lowest BCUT2D eigenvalue weighted by atomic mass is 9.97. The number of rotatable bonds is 4. The minimum atomic E-state index is -0.114. The Kier molecular flexibility index (Phi) is 4.45. The van der Waals surface area contributed by atoms with Gasteiger partial charge in [0.1, 0.15) is 0 Å². The van der Waals surface area contributed by atoms with Crippen LogP contribution in [0.25, 0.3) is 0 Å². The maximum Gasteiger partial charge on any atom is 0.292 e. The van der Waals surface area contributed by atoms with E-state index in [1.165, 1.54) is 0 Å². The average molecular weight is 318 g/mol. The van der Waals surface area contributed by atoms with Crippen LogP contribution in [0.1, 0.15) is 72.9 Å². The summed E-state index contributed by atoms with van der Waals surface area (Å²) < 4.78 is 10.3. The van der Waals surface area contributed by atoms with Gasteiger partial charge in [0.2, 0.25) is 11.7 Å². The molecular weight excluding hydrogens is 296 g/mol. The van der Waals surface area contributed by atoms with Gasteiger partial charge in [-0.05, 0) is 19.3 Å². The van der Waals surface area contributed by atoms with Crippen molar-refractivity contribution in [1.82, 2.24) is 20.2 Å². The zero-order chi connectivity index (χ0) is 16.4. The number of piperidine rings is 1. The van der Waals surface area contributed by atoms with Gasteiger partial charge in [-0.1, -0.05) is 24.2 Å². The standard InChI is InChI=1S/C16H22N4O3/c1-4-10(2)13-8-14(23-18-13)16(21)20-7-5-6-12(9-20)15-17-11(3)22-19-15/h8,10,12H,4-7,9H2,1-3H3. The van der Waals surface area contributed by atoms with Crippen molar-refractivity contribution >= 4 is 5.91 Å². The lowest BCUT2D eigenvalue weighted by Gasteiger charge is -2.30. The summed E-state index contributed by atoms with van der Waals surface area (Å²) >= 11 is 0. The fraction of sp³-hybridized carbons (Fsp3) is 0.625. The fourth-order valence-corrected chi connectivity index (χ4v) is 2.84. The molecule has 1 fully saturated rings. The van der Waals surface area contributed by atoms with Crippen LogP contribution in [0.2, 0.25) is 0 Å². The Morgan fingerprint density at radius 1 is 1.43 bits per heavy atom. The molecular formula is C16H22N4O3. The van der Waals surface area contributed by atoms with E-state index in [4.69, 9.17) is 9.05 Å². The molecule has 2 aromatic heterocycles. The first-order valence-corrected chi connectivity index (χ1v) is 8.14. The molecule has 1 aliphatic rings. The molecule has 2 aromatic rings. The molecule has 0 radical (unpaired) electrons. The van der Waals surface area contributed by atoms with Crippen LogP contribution >= 0.6 is 0 Å². The molecule has 1 saturated heterocycles. The number of carbonyl (C=O) groups is 1. The third-order valence-corrected chi connectivity index (χ3v) is 4.47. The Bertz CT molecular complexity index is 678. The molecule has 0 aromatic carbocycles. The lowest BCUT2D eigenvalue weighted by molar-refractivity contribution is 0.0661. The van der Waals surface area contributed by atoms with Crippen LogP contribution < -0.4 is 0 Å². The summed E-state index contributed by atoms with van der Waals surface area (Å²) in [6.07, 6.45) is 2.83. The molecule has 23 heavy (non-hydrogen) atoms. The number of aryl methyl sites for hydroxylation is 1. The highest BCUT2D eigenvalue weighted by Crippen LogP contribution is 2.26. The monoisotopic (exact) mass is 318 g/mol. The van der Waals surface area contributed by atoms with Crippen molar-refractivity contribution in [3.05, 3.63) is 29.2 Å². The maximum absolute atomic E-state index is 12.6. The number of carbonyl (C=O) groups excluding carboxylic acids is 1. The van der Waals surface area contributed by atoms with Gasteiger partial charge in [0.05, 0.1) is 5.69 Å². The van der Waals surface area contributed by atoms with E-state index < -0.39 is 0 Å². The van der Waals surface area contributed by atoms with Gasteiger partial charge in [-0.2, -0.15) is 4.98 Å². The van der Waals surface area contributed by atoms with Crippen LogP contribution in [-0.2, 0) is 0 Å². The van der Waals surface area contributed by atoms with E-state index in [0.29, 0.717) is 30.6 Å². The van der Waals surface area contributed by atoms with Gasteiger partial charge in [-0.15, -0.1) is 0 Å². The van der Waals surface area contributed by atoms with Gasteiger partial charge in [0, 0.05) is 37.9 Å². The van der Waals surface area contributed by atoms with Gasteiger partial charge in [0.15, 0.2) is 5.82 Å². The molecule has 2 atom stereocenters. The van der Waals surface area contributed by atoms with E-state index in [0.717, 1.165) is 25.0 Å². The zero-order valence-electron chi connectivity index (χ0n) is 13.8. The molecule has 0 aliphatic carbocycles. The van der Waals surface area contributed by atoms with Crippen molar-refractivity contribution < 1.29 is 13.8 Å². The highest BCUT2D eigenvalue weighted by Gasteiger charge is 2.30. The van der Waals surface area contributed by atoms with Crippen molar-refractivity contribution in [1.29, 1.82) is 0 Å². The summed E-state index contributed by atoms with van der Waals surface area (Å²) in [6, 6.07) is 1.76. The lowest BCUT2D eigenvalue weighted by Crippen LogP contribution is -2.39. The summed E-state index contributed by atoms with van der Waals surface area (Å²) in [6.45, 7) is 7.22. The predicted octanol–water partition coefficient (Wildman–Crippen LogP) is 2.90.